The number of halogens is 2. The Balaban J connectivity index is 2.04. The second kappa shape index (κ2) is 6.36. The second-order valence-electron chi connectivity index (χ2n) is 6.93. The van der Waals surface area contributed by atoms with Gasteiger partial charge in [-0.2, -0.15) is 0 Å². The number of hydrogen-bond acceptors (Lipinski definition) is 4. The average Bonchev–Trinajstić information content (AvgIpc) is 2.94. The van der Waals surface area contributed by atoms with Crippen molar-refractivity contribution in [2.24, 2.45) is 5.92 Å². The van der Waals surface area contributed by atoms with Crippen LogP contribution < -0.4 is 4.74 Å². The van der Waals surface area contributed by atoms with E-state index < -0.39 is 5.72 Å². The molecule has 0 fully saturated rings. The highest BCUT2D eigenvalue weighted by atomic mass is 79.9. The summed E-state index contributed by atoms with van der Waals surface area (Å²) in [6.45, 7) is 8.24. The number of Topliss-reactive ketones (excluding diaryl/α,β-unsaturated/α-hetero) is 1. The Morgan fingerprint density at radius 2 is 2.12 bits per heavy atom. The zero-order valence-electron chi connectivity index (χ0n) is 14.5. The number of allylic oxidation sites excluding steroid dienone is 1. The summed E-state index contributed by atoms with van der Waals surface area (Å²) >= 11 is 9.70. The van der Waals surface area contributed by atoms with Gasteiger partial charge in [0.2, 0.25) is 5.78 Å². The third-order valence-electron chi connectivity index (χ3n) is 4.87. The third-order valence-corrected chi connectivity index (χ3v) is 6.44. The predicted octanol–water partition coefficient (Wildman–Crippen LogP) is 4.95. The van der Waals surface area contributed by atoms with Crippen molar-refractivity contribution in [2.75, 3.05) is 7.05 Å². The minimum atomic E-state index is -1.36. The number of rotatable bonds is 4. The van der Waals surface area contributed by atoms with Crippen molar-refractivity contribution in [3.05, 3.63) is 45.1 Å². The number of fused-ring (bicyclic) bond motifs is 1. The van der Waals surface area contributed by atoms with Crippen molar-refractivity contribution in [2.45, 2.75) is 38.8 Å². The molecule has 1 unspecified atom stereocenters. The molecule has 134 valence electrons. The van der Waals surface area contributed by atoms with Crippen LogP contribution in [0.1, 0.15) is 42.6 Å². The van der Waals surface area contributed by atoms with E-state index in [-0.39, 0.29) is 11.5 Å². The summed E-state index contributed by atoms with van der Waals surface area (Å²) in [4.78, 5) is 14.8. The fraction of sp³-hybridized carbons (Fsp3) is 0.421. The molecule has 1 atom stereocenters. The number of carbonyl (C=O) groups excluding carboxylic acids is 1. The lowest BCUT2D eigenvalue weighted by Gasteiger charge is -2.32. The summed E-state index contributed by atoms with van der Waals surface area (Å²) in [5.74, 6) is 0.960. The van der Waals surface area contributed by atoms with Crippen LogP contribution in [0.3, 0.4) is 0 Å². The first-order chi connectivity index (χ1) is 11.7. The molecule has 0 radical (unpaired) electrons. The van der Waals surface area contributed by atoms with Gasteiger partial charge in [-0.3, -0.25) is 4.79 Å². The van der Waals surface area contributed by atoms with Gasteiger partial charge in [-0.05, 0) is 46.8 Å². The number of phenols is 1. The molecule has 2 aliphatic rings. The number of ketones is 1. The Bertz CT molecular complexity index is 802. The van der Waals surface area contributed by atoms with Crippen molar-refractivity contribution < 1.29 is 14.6 Å². The van der Waals surface area contributed by atoms with E-state index in [1.807, 2.05) is 0 Å². The fourth-order valence-electron chi connectivity index (χ4n) is 3.34. The summed E-state index contributed by atoms with van der Waals surface area (Å²) in [5.41, 5.74) is 0.281. The van der Waals surface area contributed by atoms with Gasteiger partial charge < -0.3 is 14.7 Å². The average molecular weight is 427 g/mol. The van der Waals surface area contributed by atoms with Gasteiger partial charge in [0.15, 0.2) is 0 Å². The normalized spacial score (nSPS) is 22.4. The monoisotopic (exact) mass is 425 g/mol. The van der Waals surface area contributed by atoms with E-state index in [1.165, 1.54) is 0 Å². The molecule has 3 rings (SSSR count). The maximum atomic E-state index is 13.2. The molecule has 6 heteroatoms. The maximum absolute atomic E-state index is 13.2. The number of phenolic OH excluding ortho intramolecular Hbond substituents is 1. The van der Waals surface area contributed by atoms with Crippen LogP contribution in [-0.4, -0.2) is 28.6 Å². The molecule has 2 heterocycles. The standard InChI is InChI=1S/C19H21BrClNO3/c1-10(2)6-5-7-12-14(23)9-8-13-16(12)25-19(18(13)24)17(20)15(21)11(3)22(19)4/h8-10,23H,3,5-7H2,1-2,4H3. The number of aromatic hydroxyl groups is 1. The quantitative estimate of drug-likeness (QED) is 0.740. The molecule has 4 nitrogen and oxygen atoms in total. The molecule has 0 saturated heterocycles. The number of carbonyl (C=O) groups is 1. The summed E-state index contributed by atoms with van der Waals surface area (Å²) in [6, 6.07) is 3.17. The number of ether oxygens (including phenoxy) is 1. The van der Waals surface area contributed by atoms with E-state index >= 15 is 0 Å². The molecule has 2 aliphatic heterocycles. The smallest absolute Gasteiger partial charge is 0.281 e. The predicted molar refractivity (Wildman–Crippen MR) is 102 cm³/mol. The summed E-state index contributed by atoms with van der Waals surface area (Å²) < 4.78 is 6.62. The lowest BCUT2D eigenvalue weighted by Crippen LogP contribution is -2.50. The maximum Gasteiger partial charge on any atom is 0.281 e. The van der Waals surface area contributed by atoms with Gasteiger partial charge in [0.05, 0.1) is 20.8 Å². The Morgan fingerprint density at radius 3 is 2.68 bits per heavy atom. The van der Waals surface area contributed by atoms with E-state index in [2.05, 4.69) is 36.4 Å². The first kappa shape index (κ1) is 18.3. The molecule has 0 aromatic heterocycles. The van der Waals surface area contributed by atoms with Crippen molar-refractivity contribution in [1.82, 2.24) is 4.90 Å². The van der Waals surface area contributed by atoms with Crippen molar-refractivity contribution in [3.8, 4) is 11.5 Å². The van der Waals surface area contributed by atoms with Crippen LogP contribution in [0.15, 0.2) is 33.9 Å². The molecule has 1 aromatic rings. The highest BCUT2D eigenvalue weighted by Gasteiger charge is 2.59. The number of benzene rings is 1. The van der Waals surface area contributed by atoms with Crippen LogP contribution in [0.2, 0.25) is 0 Å². The van der Waals surface area contributed by atoms with Crippen LogP contribution in [0.25, 0.3) is 0 Å². The van der Waals surface area contributed by atoms with Gasteiger partial charge in [0.25, 0.3) is 5.72 Å². The Hall–Kier alpha value is -1.46. The lowest BCUT2D eigenvalue weighted by atomic mass is 9.97. The van der Waals surface area contributed by atoms with E-state index in [4.69, 9.17) is 16.3 Å². The van der Waals surface area contributed by atoms with Crippen LogP contribution in [0, 0.1) is 5.92 Å². The molecule has 0 amide bonds. The van der Waals surface area contributed by atoms with E-state index in [0.717, 1.165) is 12.8 Å². The van der Waals surface area contributed by atoms with E-state index in [0.29, 0.717) is 44.4 Å². The van der Waals surface area contributed by atoms with Gasteiger partial charge in [-0.25, -0.2) is 0 Å². The topological polar surface area (TPSA) is 49.8 Å². The highest BCUT2D eigenvalue weighted by Crippen LogP contribution is 2.53. The molecule has 1 N–H and O–H groups in total. The minimum Gasteiger partial charge on any atom is -0.508 e. The molecule has 25 heavy (non-hydrogen) atoms. The van der Waals surface area contributed by atoms with E-state index in [9.17, 15) is 9.90 Å². The summed E-state index contributed by atoms with van der Waals surface area (Å²) in [5, 5.41) is 10.7. The molecule has 0 bridgehead atoms. The Morgan fingerprint density at radius 1 is 1.44 bits per heavy atom. The zero-order valence-corrected chi connectivity index (χ0v) is 16.9. The van der Waals surface area contributed by atoms with Crippen molar-refractivity contribution in [3.63, 3.8) is 0 Å². The van der Waals surface area contributed by atoms with Crippen molar-refractivity contribution >= 4 is 33.3 Å². The molecule has 1 spiro atoms. The summed E-state index contributed by atoms with van der Waals surface area (Å²) in [7, 11) is 1.72. The van der Waals surface area contributed by atoms with Gasteiger partial charge in [-0.1, -0.05) is 38.4 Å². The Labute approximate surface area is 161 Å². The SMILES string of the molecule is C=C1C(Cl)=C(Br)C2(Oc3c(ccc(O)c3CCCC(C)C)C2=O)N1C. The van der Waals surface area contributed by atoms with Crippen LogP contribution in [-0.2, 0) is 6.42 Å². The van der Waals surface area contributed by atoms with Gasteiger partial charge in [-0.15, -0.1) is 0 Å². The van der Waals surface area contributed by atoms with Crippen LogP contribution in [0.5, 0.6) is 11.5 Å². The fourth-order valence-corrected chi connectivity index (χ4v) is 4.35. The molecular weight excluding hydrogens is 406 g/mol. The molecular formula is C19H21BrClNO3. The molecule has 0 saturated carbocycles. The van der Waals surface area contributed by atoms with Gasteiger partial charge in [0, 0.05) is 12.6 Å². The largest absolute Gasteiger partial charge is 0.508 e. The molecule has 1 aromatic carbocycles. The summed E-state index contributed by atoms with van der Waals surface area (Å²) in [6.07, 6.45) is 2.59. The zero-order chi connectivity index (χ0) is 18.5. The Kier molecular flexibility index (Phi) is 4.67. The first-order valence-corrected chi connectivity index (χ1v) is 9.46. The third kappa shape index (κ3) is 2.59. The van der Waals surface area contributed by atoms with Crippen LogP contribution in [0.4, 0.5) is 0 Å². The highest BCUT2D eigenvalue weighted by molar-refractivity contribution is 9.11. The van der Waals surface area contributed by atoms with E-state index in [1.54, 1.807) is 24.1 Å². The first-order valence-electron chi connectivity index (χ1n) is 8.29. The van der Waals surface area contributed by atoms with Gasteiger partial charge in [0.1, 0.15) is 11.5 Å². The van der Waals surface area contributed by atoms with Crippen LogP contribution >= 0.6 is 27.5 Å². The lowest BCUT2D eigenvalue weighted by molar-refractivity contribution is 0.0221. The number of likely N-dealkylation sites (N-methyl/N-ethyl adjacent to an activating group) is 1. The molecule has 0 aliphatic carbocycles. The number of nitrogens with zero attached hydrogens (tertiary/aromatic N) is 1. The van der Waals surface area contributed by atoms with Crippen molar-refractivity contribution in [1.29, 1.82) is 0 Å². The van der Waals surface area contributed by atoms with Gasteiger partial charge >= 0.3 is 0 Å². The minimum absolute atomic E-state index is 0.151. The number of hydrogen-bond donors (Lipinski definition) is 1. The second-order valence-corrected chi connectivity index (χ2v) is 8.11.